The third kappa shape index (κ3) is 3.36. The minimum Gasteiger partial charge on any atom is -0.507 e. The fourth-order valence-electron chi connectivity index (χ4n) is 4.46. The number of rotatable bonds is 5. The molecule has 0 radical (unpaired) electrons. The maximum absolute atomic E-state index is 10.5. The summed E-state index contributed by atoms with van der Waals surface area (Å²) in [6.45, 7) is 2.14. The number of benzene rings is 5. The zero-order valence-electron chi connectivity index (χ0n) is 18.1. The van der Waals surface area contributed by atoms with E-state index in [2.05, 4.69) is 66.5 Å². The molecular formula is C28H21N3OS. The molecule has 0 aliphatic rings. The van der Waals surface area contributed by atoms with Crippen molar-refractivity contribution in [2.75, 3.05) is 5.75 Å². The second-order valence-electron chi connectivity index (χ2n) is 8.10. The van der Waals surface area contributed by atoms with Gasteiger partial charge in [0, 0.05) is 11.3 Å². The van der Waals surface area contributed by atoms with E-state index in [4.69, 9.17) is 9.97 Å². The Bertz CT molecular complexity index is 1630. The molecule has 1 aromatic heterocycles. The average Bonchev–Trinajstić information content (AvgIpc) is 2.86. The second-order valence-corrected chi connectivity index (χ2v) is 9.17. The van der Waals surface area contributed by atoms with Gasteiger partial charge >= 0.3 is 0 Å². The zero-order valence-corrected chi connectivity index (χ0v) is 18.9. The number of aromatic hydroxyl groups is 1. The topological polar surface area (TPSA) is 58.9 Å². The van der Waals surface area contributed by atoms with Gasteiger partial charge in [0.2, 0.25) is 0 Å². The highest BCUT2D eigenvalue weighted by molar-refractivity contribution is 7.99. The van der Waals surface area contributed by atoms with Crippen LogP contribution in [-0.2, 0) is 0 Å². The normalized spacial score (nSPS) is 11.7. The summed E-state index contributed by atoms with van der Waals surface area (Å²) in [5.41, 5.74) is 1.58. The van der Waals surface area contributed by atoms with Crippen LogP contribution in [0, 0.1) is 0 Å². The Kier molecular flexibility index (Phi) is 4.84. The molecule has 0 saturated carbocycles. The summed E-state index contributed by atoms with van der Waals surface area (Å²) in [4.78, 5) is 14.4. The molecule has 0 fully saturated rings. The Balaban J connectivity index is 1.67. The summed E-state index contributed by atoms with van der Waals surface area (Å²) in [6, 6.07) is 26.5. The largest absolute Gasteiger partial charge is 0.507 e. The molecule has 0 aliphatic heterocycles. The summed E-state index contributed by atoms with van der Waals surface area (Å²) in [5.74, 6) is 2.19. The van der Waals surface area contributed by atoms with Gasteiger partial charge in [-0.3, -0.25) is 0 Å². The fourth-order valence-corrected chi connectivity index (χ4v) is 5.15. The Morgan fingerprint density at radius 2 is 1.39 bits per heavy atom. The van der Waals surface area contributed by atoms with Gasteiger partial charge in [-0.05, 0) is 56.9 Å². The zero-order chi connectivity index (χ0) is 22.4. The summed E-state index contributed by atoms with van der Waals surface area (Å²) in [7, 11) is 0. The van der Waals surface area contributed by atoms with E-state index in [9.17, 15) is 5.11 Å². The molecule has 0 saturated heterocycles. The van der Waals surface area contributed by atoms with Crippen molar-refractivity contribution in [3.05, 3.63) is 78.9 Å². The third-order valence-corrected chi connectivity index (χ3v) is 7.00. The van der Waals surface area contributed by atoms with Crippen molar-refractivity contribution in [3.63, 3.8) is 0 Å². The Morgan fingerprint density at radius 3 is 2.18 bits per heavy atom. The van der Waals surface area contributed by atoms with Gasteiger partial charge in [0.1, 0.15) is 5.75 Å². The second kappa shape index (κ2) is 8.01. The van der Waals surface area contributed by atoms with E-state index < -0.39 is 0 Å². The molecule has 0 atom stereocenters. The van der Waals surface area contributed by atoms with Crippen LogP contribution >= 0.6 is 11.8 Å². The molecular weight excluding hydrogens is 426 g/mol. The van der Waals surface area contributed by atoms with Crippen LogP contribution in [0.1, 0.15) is 13.3 Å². The van der Waals surface area contributed by atoms with Gasteiger partial charge in [-0.15, -0.1) is 0 Å². The molecule has 1 N–H and O–H groups in total. The van der Waals surface area contributed by atoms with E-state index in [1.165, 1.54) is 26.9 Å². The van der Waals surface area contributed by atoms with Crippen molar-refractivity contribution in [1.82, 2.24) is 15.0 Å². The number of thioether (sulfide) groups is 1. The van der Waals surface area contributed by atoms with E-state index in [0.717, 1.165) is 23.1 Å². The SMILES string of the molecule is CCCSc1nc(-c2ccccc2O)nc(-c2cc3cccc4ccc5cccc2c5c43)n1. The number of hydrogen-bond donors (Lipinski definition) is 1. The molecule has 0 unspecified atom stereocenters. The van der Waals surface area contributed by atoms with Crippen LogP contribution in [0.5, 0.6) is 5.75 Å². The van der Waals surface area contributed by atoms with Gasteiger partial charge in [0.05, 0.1) is 5.56 Å². The predicted molar refractivity (Wildman–Crippen MR) is 137 cm³/mol. The molecule has 5 aromatic carbocycles. The molecule has 0 bridgehead atoms. The highest BCUT2D eigenvalue weighted by atomic mass is 32.2. The highest BCUT2D eigenvalue weighted by Gasteiger charge is 2.18. The Hall–Kier alpha value is -3.70. The van der Waals surface area contributed by atoms with Crippen LogP contribution in [0.3, 0.4) is 0 Å². The van der Waals surface area contributed by atoms with Crippen molar-refractivity contribution in [1.29, 1.82) is 0 Å². The number of phenols is 1. The van der Waals surface area contributed by atoms with Gasteiger partial charge in [-0.1, -0.05) is 79.3 Å². The first-order valence-corrected chi connectivity index (χ1v) is 12.1. The van der Waals surface area contributed by atoms with E-state index in [1.54, 1.807) is 23.9 Å². The van der Waals surface area contributed by atoms with Crippen molar-refractivity contribution in [2.24, 2.45) is 0 Å². The first-order valence-electron chi connectivity index (χ1n) is 11.1. The standard InChI is InChI=1S/C28H21N3OS/c1-2-15-33-28-30-26(21-10-3-4-12-23(21)32)29-27(31-28)22-16-19-9-5-7-17-13-14-18-8-6-11-20(22)25(18)24(17)19/h3-14,16,32H,2,15H2,1H3. The molecule has 1 heterocycles. The van der Waals surface area contributed by atoms with Gasteiger partial charge in [-0.2, -0.15) is 0 Å². The van der Waals surface area contributed by atoms with E-state index in [0.29, 0.717) is 22.4 Å². The summed E-state index contributed by atoms with van der Waals surface area (Å²) in [5, 5.41) is 18.4. The maximum atomic E-state index is 10.5. The van der Waals surface area contributed by atoms with Gasteiger partial charge in [0.15, 0.2) is 16.8 Å². The molecule has 0 aliphatic carbocycles. The van der Waals surface area contributed by atoms with E-state index in [1.807, 2.05) is 12.1 Å². The lowest BCUT2D eigenvalue weighted by atomic mass is 9.91. The van der Waals surface area contributed by atoms with Crippen molar-refractivity contribution >= 4 is 44.1 Å². The molecule has 33 heavy (non-hydrogen) atoms. The number of aromatic nitrogens is 3. The number of phenolic OH excluding ortho intramolecular Hbond substituents is 1. The quantitative estimate of drug-likeness (QED) is 0.222. The number of para-hydroxylation sites is 1. The monoisotopic (exact) mass is 447 g/mol. The molecule has 4 nitrogen and oxygen atoms in total. The van der Waals surface area contributed by atoms with Crippen LogP contribution in [0.25, 0.3) is 55.1 Å². The lowest BCUT2D eigenvalue weighted by Crippen LogP contribution is -2.00. The highest BCUT2D eigenvalue weighted by Crippen LogP contribution is 2.40. The Morgan fingerprint density at radius 1 is 0.697 bits per heavy atom. The average molecular weight is 448 g/mol. The molecule has 160 valence electrons. The van der Waals surface area contributed by atoms with Gasteiger partial charge in [-0.25, -0.2) is 15.0 Å². The summed E-state index contributed by atoms with van der Waals surface area (Å²) < 4.78 is 0. The minimum absolute atomic E-state index is 0.163. The molecule has 0 amide bonds. The molecule has 6 rings (SSSR count). The van der Waals surface area contributed by atoms with E-state index >= 15 is 0 Å². The van der Waals surface area contributed by atoms with Gasteiger partial charge < -0.3 is 5.11 Å². The number of nitrogens with zero attached hydrogens (tertiary/aromatic N) is 3. The first kappa shape index (κ1) is 19.9. The van der Waals surface area contributed by atoms with Crippen LogP contribution < -0.4 is 0 Å². The van der Waals surface area contributed by atoms with E-state index in [-0.39, 0.29) is 5.75 Å². The van der Waals surface area contributed by atoms with Crippen LogP contribution in [-0.4, -0.2) is 25.8 Å². The van der Waals surface area contributed by atoms with Crippen LogP contribution in [0.2, 0.25) is 0 Å². The fraction of sp³-hybridized carbons (Fsp3) is 0.107. The molecule has 5 heteroatoms. The summed E-state index contributed by atoms with van der Waals surface area (Å²) >= 11 is 1.61. The van der Waals surface area contributed by atoms with Crippen LogP contribution in [0.15, 0.2) is 84.0 Å². The van der Waals surface area contributed by atoms with Gasteiger partial charge in [0.25, 0.3) is 0 Å². The van der Waals surface area contributed by atoms with Crippen molar-refractivity contribution < 1.29 is 5.11 Å². The third-order valence-electron chi connectivity index (χ3n) is 5.94. The summed E-state index contributed by atoms with van der Waals surface area (Å²) in [6.07, 6.45) is 1.02. The maximum Gasteiger partial charge on any atom is 0.191 e. The lowest BCUT2D eigenvalue weighted by molar-refractivity contribution is 0.477. The molecule has 6 aromatic rings. The minimum atomic E-state index is 0.163. The van der Waals surface area contributed by atoms with Crippen LogP contribution in [0.4, 0.5) is 0 Å². The predicted octanol–water partition coefficient (Wildman–Crippen LogP) is 7.31. The smallest absolute Gasteiger partial charge is 0.191 e. The lowest BCUT2D eigenvalue weighted by Gasteiger charge is -2.15. The molecule has 0 spiro atoms. The Labute approximate surface area is 195 Å². The van der Waals surface area contributed by atoms with Crippen molar-refractivity contribution in [2.45, 2.75) is 18.5 Å². The first-order chi connectivity index (χ1) is 16.2. The van der Waals surface area contributed by atoms with Crippen molar-refractivity contribution in [3.8, 4) is 28.5 Å². The number of hydrogen-bond acceptors (Lipinski definition) is 5.